The van der Waals surface area contributed by atoms with Crippen molar-refractivity contribution in [3.05, 3.63) is 65.2 Å². The zero-order valence-corrected chi connectivity index (χ0v) is 10.7. The number of phenolic OH excluding ortho intramolecular Hbond substituents is 1. The van der Waals surface area contributed by atoms with Crippen molar-refractivity contribution in [1.82, 2.24) is 5.32 Å². The first-order valence-electron chi connectivity index (χ1n) is 6.03. The summed E-state index contributed by atoms with van der Waals surface area (Å²) >= 11 is 0. The number of hydrogen-bond acceptors (Lipinski definition) is 2. The van der Waals surface area contributed by atoms with Crippen LogP contribution in [0.2, 0.25) is 0 Å². The molecule has 0 aromatic heterocycles. The minimum atomic E-state index is -0.638. The van der Waals surface area contributed by atoms with Crippen molar-refractivity contribution >= 4 is 5.91 Å². The predicted molar refractivity (Wildman–Crippen MR) is 70.3 cm³/mol. The van der Waals surface area contributed by atoms with Gasteiger partial charge in [0.2, 0.25) is 0 Å². The fraction of sp³-hybridized carbons (Fsp3) is 0.133. The van der Waals surface area contributed by atoms with E-state index in [-0.39, 0.29) is 5.56 Å². The van der Waals surface area contributed by atoms with E-state index < -0.39 is 29.3 Å². The minimum absolute atomic E-state index is 0.0606. The molecule has 2 rings (SSSR count). The summed E-state index contributed by atoms with van der Waals surface area (Å²) in [5, 5.41) is 12.1. The van der Waals surface area contributed by atoms with Crippen LogP contribution in [-0.4, -0.2) is 11.0 Å². The highest BCUT2D eigenvalue weighted by Gasteiger charge is 2.17. The van der Waals surface area contributed by atoms with Crippen LogP contribution in [0, 0.1) is 11.6 Å². The highest BCUT2D eigenvalue weighted by molar-refractivity contribution is 5.97. The topological polar surface area (TPSA) is 49.3 Å². The van der Waals surface area contributed by atoms with Crippen molar-refractivity contribution in [1.29, 1.82) is 0 Å². The average Bonchev–Trinajstić information content (AvgIpc) is 2.38. The van der Waals surface area contributed by atoms with Crippen molar-refractivity contribution in [2.75, 3.05) is 0 Å². The zero-order valence-electron chi connectivity index (χ0n) is 10.7. The molecular formula is C15H13F2NO2. The van der Waals surface area contributed by atoms with Crippen LogP contribution in [0.4, 0.5) is 8.78 Å². The summed E-state index contributed by atoms with van der Waals surface area (Å²) in [7, 11) is 0. The molecule has 0 saturated heterocycles. The number of rotatable bonds is 3. The quantitative estimate of drug-likeness (QED) is 0.905. The van der Waals surface area contributed by atoms with Gasteiger partial charge in [-0.2, -0.15) is 0 Å². The van der Waals surface area contributed by atoms with E-state index >= 15 is 0 Å². The zero-order chi connectivity index (χ0) is 14.7. The maximum absolute atomic E-state index is 13.6. The van der Waals surface area contributed by atoms with E-state index in [1.54, 1.807) is 25.1 Å². The van der Waals surface area contributed by atoms with Crippen molar-refractivity contribution in [2.24, 2.45) is 0 Å². The van der Waals surface area contributed by atoms with Gasteiger partial charge in [-0.25, -0.2) is 8.78 Å². The molecule has 1 unspecified atom stereocenters. The van der Waals surface area contributed by atoms with Gasteiger partial charge in [-0.1, -0.05) is 18.2 Å². The molecule has 0 bridgehead atoms. The summed E-state index contributed by atoms with van der Waals surface area (Å²) in [4.78, 5) is 12.0. The SMILES string of the molecule is CC(NC(=O)c1ccc(F)cc1O)c1ccccc1F. The van der Waals surface area contributed by atoms with E-state index in [4.69, 9.17) is 0 Å². The van der Waals surface area contributed by atoms with Crippen LogP contribution in [0.5, 0.6) is 5.75 Å². The molecule has 0 radical (unpaired) electrons. The van der Waals surface area contributed by atoms with Gasteiger partial charge in [0.25, 0.3) is 5.91 Å². The molecule has 0 aliphatic heterocycles. The van der Waals surface area contributed by atoms with Crippen molar-refractivity contribution < 1.29 is 18.7 Å². The third kappa shape index (κ3) is 2.93. The molecular weight excluding hydrogens is 264 g/mol. The average molecular weight is 277 g/mol. The highest BCUT2D eigenvalue weighted by atomic mass is 19.1. The largest absolute Gasteiger partial charge is 0.507 e. The lowest BCUT2D eigenvalue weighted by Crippen LogP contribution is -2.27. The van der Waals surface area contributed by atoms with Crippen LogP contribution >= 0.6 is 0 Å². The molecule has 0 aliphatic rings. The van der Waals surface area contributed by atoms with Gasteiger partial charge in [-0.15, -0.1) is 0 Å². The first-order chi connectivity index (χ1) is 9.49. The minimum Gasteiger partial charge on any atom is -0.507 e. The molecule has 1 amide bonds. The fourth-order valence-corrected chi connectivity index (χ4v) is 1.88. The molecule has 0 aliphatic carbocycles. The third-order valence-corrected chi connectivity index (χ3v) is 2.92. The second kappa shape index (κ2) is 5.69. The van der Waals surface area contributed by atoms with Crippen LogP contribution in [0.3, 0.4) is 0 Å². The van der Waals surface area contributed by atoms with Crippen molar-refractivity contribution in [3.63, 3.8) is 0 Å². The first-order valence-corrected chi connectivity index (χ1v) is 6.03. The fourth-order valence-electron chi connectivity index (χ4n) is 1.88. The maximum atomic E-state index is 13.6. The van der Waals surface area contributed by atoms with Crippen molar-refractivity contribution in [3.8, 4) is 5.75 Å². The van der Waals surface area contributed by atoms with Gasteiger partial charge in [-0.05, 0) is 25.1 Å². The van der Waals surface area contributed by atoms with E-state index in [9.17, 15) is 18.7 Å². The lowest BCUT2D eigenvalue weighted by molar-refractivity contribution is 0.0936. The van der Waals surface area contributed by atoms with E-state index in [1.165, 1.54) is 12.1 Å². The van der Waals surface area contributed by atoms with Gasteiger partial charge < -0.3 is 10.4 Å². The van der Waals surface area contributed by atoms with Gasteiger partial charge in [0, 0.05) is 11.6 Å². The monoisotopic (exact) mass is 277 g/mol. The number of aromatic hydroxyl groups is 1. The van der Waals surface area contributed by atoms with Crippen LogP contribution < -0.4 is 5.32 Å². The molecule has 3 nitrogen and oxygen atoms in total. The van der Waals surface area contributed by atoms with Crippen LogP contribution in [0.15, 0.2) is 42.5 Å². The molecule has 0 heterocycles. The predicted octanol–water partition coefficient (Wildman–Crippen LogP) is 3.16. The summed E-state index contributed by atoms with van der Waals surface area (Å²) in [6.45, 7) is 1.62. The summed E-state index contributed by atoms with van der Waals surface area (Å²) < 4.78 is 26.4. The molecule has 0 saturated carbocycles. The Kier molecular flexibility index (Phi) is 3.98. The lowest BCUT2D eigenvalue weighted by atomic mass is 10.1. The van der Waals surface area contributed by atoms with Gasteiger partial charge in [0.1, 0.15) is 17.4 Å². The Hall–Kier alpha value is -2.43. The van der Waals surface area contributed by atoms with E-state index in [2.05, 4.69) is 5.32 Å². The number of benzene rings is 2. The Morgan fingerprint density at radius 3 is 2.55 bits per heavy atom. The summed E-state index contributed by atoms with van der Waals surface area (Å²) in [6.07, 6.45) is 0. The third-order valence-electron chi connectivity index (χ3n) is 2.92. The second-order valence-electron chi connectivity index (χ2n) is 4.38. The smallest absolute Gasteiger partial charge is 0.255 e. The normalized spacial score (nSPS) is 11.9. The molecule has 0 fully saturated rings. The number of carbonyl (C=O) groups excluding carboxylic acids is 1. The van der Waals surface area contributed by atoms with Crippen LogP contribution in [0.1, 0.15) is 28.9 Å². The van der Waals surface area contributed by atoms with Gasteiger partial charge >= 0.3 is 0 Å². The number of carbonyl (C=O) groups is 1. The molecule has 104 valence electrons. The second-order valence-corrected chi connectivity index (χ2v) is 4.38. The lowest BCUT2D eigenvalue weighted by Gasteiger charge is -2.15. The summed E-state index contributed by atoms with van der Waals surface area (Å²) in [6, 6.07) is 8.60. The van der Waals surface area contributed by atoms with Gasteiger partial charge in [0.15, 0.2) is 0 Å². The van der Waals surface area contributed by atoms with Crippen molar-refractivity contribution in [2.45, 2.75) is 13.0 Å². The van der Waals surface area contributed by atoms with E-state index in [0.717, 1.165) is 12.1 Å². The molecule has 2 aromatic carbocycles. The Labute approximate surface area is 114 Å². The van der Waals surface area contributed by atoms with Gasteiger partial charge in [0.05, 0.1) is 11.6 Å². The molecule has 5 heteroatoms. The Balaban J connectivity index is 2.17. The number of amides is 1. The molecule has 2 aromatic rings. The Bertz CT molecular complexity index is 644. The van der Waals surface area contributed by atoms with Crippen LogP contribution in [-0.2, 0) is 0 Å². The van der Waals surface area contributed by atoms with E-state index in [1.807, 2.05) is 0 Å². The van der Waals surface area contributed by atoms with Gasteiger partial charge in [-0.3, -0.25) is 4.79 Å². The van der Waals surface area contributed by atoms with Crippen LogP contribution in [0.25, 0.3) is 0 Å². The first kappa shape index (κ1) is 14.0. The summed E-state index contributed by atoms with van der Waals surface area (Å²) in [5.74, 6) is -2.12. The number of halogens is 2. The van der Waals surface area contributed by atoms with E-state index in [0.29, 0.717) is 5.56 Å². The highest BCUT2D eigenvalue weighted by Crippen LogP contribution is 2.21. The number of hydrogen-bond donors (Lipinski definition) is 2. The molecule has 20 heavy (non-hydrogen) atoms. The molecule has 1 atom stereocenters. The standard InChI is InChI=1S/C15H13F2NO2/c1-9(11-4-2-3-5-13(11)17)18-15(20)12-7-6-10(16)8-14(12)19/h2-9,19H,1H3,(H,18,20). The summed E-state index contributed by atoms with van der Waals surface area (Å²) in [5.41, 5.74) is 0.275. The maximum Gasteiger partial charge on any atom is 0.255 e. The number of nitrogens with one attached hydrogen (secondary N) is 1. The number of phenols is 1. The Morgan fingerprint density at radius 1 is 1.20 bits per heavy atom. The Morgan fingerprint density at radius 2 is 1.90 bits per heavy atom. The molecule has 2 N–H and O–H groups in total. The molecule has 0 spiro atoms.